The van der Waals surface area contributed by atoms with Crippen LogP contribution in [0.4, 0.5) is 5.69 Å². The minimum absolute atomic E-state index is 0.0632. The summed E-state index contributed by atoms with van der Waals surface area (Å²) in [5.41, 5.74) is 4.81. The average Bonchev–Trinajstić information content (AvgIpc) is 3.49. The molecule has 42 heavy (non-hydrogen) atoms. The van der Waals surface area contributed by atoms with Gasteiger partial charge in [0.05, 0.1) is 13.7 Å². The van der Waals surface area contributed by atoms with Gasteiger partial charge in [0.1, 0.15) is 11.8 Å². The molecule has 0 saturated carbocycles. The summed E-state index contributed by atoms with van der Waals surface area (Å²) in [6.45, 7) is 9.48. The van der Waals surface area contributed by atoms with Gasteiger partial charge in [-0.05, 0) is 71.5 Å². The number of aromatic nitrogens is 2. The maximum atomic E-state index is 12.6. The van der Waals surface area contributed by atoms with E-state index in [0.717, 1.165) is 41.2 Å². The smallest absolute Gasteiger partial charge is 0.328 e. The van der Waals surface area contributed by atoms with Crippen LogP contribution in [0.25, 0.3) is 22.8 Å². The molecule has 0 aliphatic rings. The number of unbranched alkanes of at least 4 members (excludes halogenated alkanes) is 4. The number of rotatable bonds is 14. The van der Waals surface area contributed by atoms with Gasteiger partial charge in [-0.1, -0.05) is 82.8 Å². The summed E-state index contributed by atoms with van der Waals surface area (Å²) in [6, 6.07) is 23.2. The lowest BCUT2D eigenvalue weighted by atomic mass is 9.87. The summed E-state index contributed by atoms with van der Waals surface area (Å²) in [4.78, 5) is 17.2. The van der Waals surface area contributed by atoms with Crippen LogP contribution in [0.2, 0.25) is 0 Å². The van der Waals surface area contributed by atoms with Crippen LogP contribution in [0.15, 0.2) is 77.3 Å². The zero-order valence-electron chi connectivity index (χ0n) is 25.5. The number of methoxy groups -OCH3 is 1. The Hall–Kier alpha value is -4.13. The molecule has 0 aliphatic heterocycles. The van der Waals surface area contributed by atoms with Crippen LogP contribution in [0, 0.1) is 0 Å². The zero-order chi connectivity index (χ0) is 30.0. The van der Waals surface area contributed by atoms with Crippen molar-refractivity contribution in [2.24, 2.45) is 0 Å². The second-order valence-electron chi connectivity index (χ2n) is 11.7. The van der Waals surface area contributed by atoms with Crippen molar-refractivity contribution in [1.82, 2.24) is 10.1 Å². The predicted octanol–water partition coefficient (Wildman–Crippen LogP) is 8.25. The molecule has 1 atom stereocenters. The standard InChI is InChI=1S/C35H43N3O4/c1-6-7-8-9-10-23-41-30-21-15-26(16-22-30)32-37-33(42-38-32)27-13-11-25(12-14-27)24-31(34(39)40-5)36-29-19-17-28(18-20-29)35(2,3)4/h11-22,31,36H,6-10,23-24H2,1-5H3/t31-/m0/s1. The van der Waals surface area contributed by atoms with Crippen molar-refractivity contribution >= 4 is 11.7 Å². The maximum Gasteiger partial charge on any atom is 0.328 e. The number of hydrogen-bond acceptors (Lipinski definition) is 7. The molecule has 1 aromatic heterocycles. The number of anilines is 1. The maximum absolute atomic E-state index is 12.6. The first kappa shape index (κ1) is 30.8. The fraction of sp³-hybridized carbons (Fsp3) is 0.400. The molecular formula is C35H43N3O4. The van der Waals surface area contributed by atoms with Gasteiger partial charge in [-0.25, -0.2) is 4.79 Å². The van der Waals surface area contributed by atoms with Crippen LogP contribution in [0.1, 0.15) is 70.9 Å². The monoisotopic (exact) mass is 569 g/mol. The Morgan fingerprint density at radius 2 is 1.55 bits per heavy atom. The van der Waals surface area contributed by atoms with Crippen molar-refractivity contribution < 1.29 is 18.8 Å². The Kier molecular flexibility index (Phi) is 10.8. The molecule has 4 aromatic rings. The van der Waals surface area contributed by atoms with Gasteiger partial charge in [-0.15, -0.1) is 0 Å². The van der Waals surface area contributed by atoms with E-state index in [1.807, 2.05) is 60.7 Å². The molecule has 7 heteroatoms. The number of ether oxygens (including phenoxy) is 2. The molecule has 1 heterocycles. The summed E-state index contributed by atoms with van der Waals surface area (Å²) >= 11 is 0. The topological polar surface area (TPSA) is 86.5 Å². The summed E-state index contributed by atoms with van der Waals surface area (Å²) in [7, 11) is 1.41. The number of carbonyl (C=O) groups excluding carboxylic acids is 1. The molecule has 3 aromatic carbocycles. The van der Waals surface area contributed by atoms with Gasteiger partial charge in [0.15, 0.2) is 0 Å². The van der Waals surface area contributed by atoms with Crippen molar-refractivity contribution in [3.63, 3.8) is 0 Å². The summed E-state index contributed by atoms with van der Waals surface area (Å²) in [6.07, 6.45) is 6.53. The molecule has 0 bridgehead atoms. The van der Waals surface area contributed by atoms with Crippen molar-refractivity contribution in [1.29, 1.82) is 0 Å². The molecule has 1 N–H and O–H groups in total. The van der Waals surface area contributed by atoms with E-state index < -0.39 is 6.04 Å². The third-order valence-corrected chi connectivity index (χ3v) is 7.27. The third kappa shape index (κ3) is 8.68. The highest BCUT2D eigenvalue weighted by molar-refractivity contribution is 5.79. The van der Waals surface area contributed by atoms with Crippen molar-refractivity contribution in [2.45, 2.75) is 77.7 Å². The summed E-state index contributed by atoms with van der Waals surface area (Å²) < 4.78 is 16.5. The molecule has 0 radical (unpaired) electrons. The minimum Gasteiger partial charge on any atom is -0.494 e. The van der Waals surface area contributed by atoms with E-state index in [2.05, 4.69) is 55.3 Å². The Labute approximate surface area is 249 Å². The van der Waals surface area contributed by atoms with Crippen LogP contribution < -0.4 is 10.1 Å². The first-order valence-corrected chi connectivity index (χ1v) is 14.9. The fourth-order valence-corrected chi connectivity index (χ4v) is 4.68. The number of carbonyl (C=O) groups is 1. The predicted molar refractivity (Wildman–Crippen MR) is 168 cm³/mol. The molecule has 0 aliphatic carbocycles. The van der Waals surface area contributed by atoms with Gasteiger partial charge >= 0.3 is 5.97 Å². The van der Waals surface area contributed by atoms with E-state index >= 15 is 0 Å². The van der Waals surface area contributed by atoms with Crippen LogP contribution in [-0.2, 0) is 21.4 Å². The number of nitrogens with zero attached hydrogens (tertiary/aromatic N) is 2. The summed E-state index contributed by atoms with van der Waals surface area (Å²) in [5.74, 6) is 1.48. The van der Waals surface area contributed by atoms with Crippen molar-refractivity contribution in [2.75, 3.05) is 19.0 Å². The van der Waals surface area contributed by atoms with E-state index in [1.165, 1.54) is 38.4 Å². The minimum atomic E-state index is -0.524. The molecule has 0 spiro atoms. The lowest BCUT2D eigenvalue weighted by molar-refractivity contribution is -0.141. The van der Waals surface area contributed by atoms with Crippen LogP contribution >= 0.6 is 0 Å². The molecule has 0 unspecified atom stereocenters. The highest BCUT2D eigenvalue weighted by Crippen LogP contribution is 2.26. The lowest BCUT2D eigenvalue weighted by Gasteiger charge is -2.21. The molecule has 222 valence electrons. The number of esters is 1. The molecule has 7 nitrogen and oxygen atoms in total. The van der Waals surface area contributed by atoms with Gasteiger partial charge < -0.3 is 19.3 Å². The van der Waals surface area contributed by atoms with Crippen LogP contribution in [0.5, 0.6) is 5.75 Å². The highest BCUT2D eigenvalue weighted by atomic mass is 16.5. The largest absolute Gasteiger partial charge is 0.494 e. The quantitative estimate of drug-likeness (QED) is 0.121. The molecule has 0 saturated heterocycles. The Bertz CT molecular complexity index is 1390. The second kappa shape index (κ2) is 14.7. The lowest BCUT2D eigenvalue weighted by Crippen LogP contribution is -2.32. The Morgan fingerprint density at radius 1 is 0.881 bits per heavy atom. The number of nitrogens with one attached hydrogen (secondary N) is 1. The van der Waals surface area contributed by atoms with Gasteiger partial charge in [0, 0.05) is 23.2 Å². The van der Waals surface area contributed by atoms with E-state index in [4.69, 9.17) is 14.0 Å². The van der Waals surface area contributed by atoms with Crippen molar-refractivity contribution in [3.8, 4) is 28.6 Å². The number of benzene rings is 3. The van der Waals surface area contributed by atoms with Gasteiger partial charge in [0.25, 0.3) is 5.89 Å². The first-order chi connectivity index (χ1) is 20.3. The highest BCUT2D eigenvalue weighted by Gasteiger charge is 2.21. The average molecular weight is 570 g/mol. The van der Waals surface area contributed by atoms with Crippen molar-refractivity contribution in [3.05, 3.63) is 83.9 Å². The normalized spacial score (nSPS) is 12.1. The third-order valence-electron chi connectivity index (χ3n) is 7.27. The van der Waals surface area contributed by atoms with Gasteiger partial charge in [0.2, 0.25) is 5.82 Å². The summed E-state index contributed by atoms with van der Waals surface area (Å²) in [5, 5.41) is 7.50. The Morgan fingerprint density at radius 3 is 2.19 bits per heavy atom. The van der Waals surface area contributed by atoms with Gasteiger partial charge in [-0.2, -0.15) is 4.98 Å². The van der Waals surface area contributed by atoms with Crippen LogP contribution in [-0.4, -0.2) is 35.9 Å². The van der Waals surface area contributed by atoms with E-state index in [0.29, 0.717) is 18.1 Å². The van der Waals surface area contributed by atoms with Crippen LogP contribution in [0.3, 0.4) is 0 Å². The molecular weight excluding hydrogens is 526 g/mol. The molecule has 0 amide bonds. The first-order valence-electron chi connectivity index (χ1n) is 14.9. The number of hydrogen-bond donors (Lipinski definition) is 1. The van der Waals surface area contributed by atoms with E-state index in [-0.39, 0.29) is 11.4 Å². The Balaban J connectivity index is 1.35. The molecule has 0 fully saturated rings. The SMILES string of the molecule is CCCCCCCOc1ccc(-c2noc(-c3ccc(C[C@H](Nc4ccc(C(C)(C)C)cc4)C(=O)OC)cc3)n2)cc1. The van der Waals surface area contributed by atoms with E-state index in [9.17, 15) is 4.79 Å². The second-order valence-corrected chi connectivity index (χ2v) is 11.7. The fourth-order valence-electron chi connectivity index (χ4n) is 4.68. The zero-order valence-corrected chi connectivity index (χ0v) is 25.5. The van der Waals surface area contributed by atoms with Gasteiger partial charge in [-0.3, -0.25) is 0 Å². The molecule has 4 rings (SSSR count). The van der Waals surface area contributed by atoms with E-state index in [1.54, 1.807) is 0 Å².